The first kappa shape index (κ1) is 18.0. The third-order valence-electron chi connectivity index (χ3n) is 4.59. The van der Waals surface area contributed by atoms with Gasteiger partial charge in [-0.25, -0.2) is 9.97 Å². The molecule has 140 valence electrons. The number of hydrogen-bond donors (Lipinski definition) is 1. The molecule has 0 unspecified atom stereocenters. The Labute approximate surface area is 163 Å². The largest absolute Gasteiger partial charge is 0.369 e. The van der Waals surface area contributed by atoms with Crippen molar-refractivity contribution in [3.05, 3.63) is 64.0 Å². The molecule has 1 saturated heterocycles. The second kappa shape index (κ2) is 8.12. The second-order valence-corrected chi connectivity index (χ2v) is 8.03. The van der Waals surface area contributed by atoms with Crippen LogP contribution < -0.4 is 5.32 Å². The molecule has 1 N–H and O–H groups in total. The maximum absolute atomic E-state index is 5.97. The molecule has 0 saturated carbocycles. The van der Waals surface area contributed by atoms with Gasteiger partial charge in [0.15, 0.2) is 0 Å². The number of hydrogen-bond acceptors (Lipinski definition) is 7. The van der Waals surface area contributed by atoms with Crippen LogP contribution in [0.4, 0.5) is 11.5 Å². The Bertz CT molecular complexity index is 895. The topological polar surface area (TPSA) is 63.2 Å². The third kappa shape index (κ3) is 4.50. The molecule has 27 heavy (non-hydrogen) atoms. The molecule has 0 aliphatic carbocycles. The van der Waals surface area contributed by atoms with E-state index < -0.39 is 0 Å². The van der Waals surface area contributed by atoms with Crippen molar-refractivity contribution in [3.63, 3.8) is 0 Å². The number of pyridine rings is 2. The van der Waals surface area contributed by atoms with Crippen LogP contribution in [-0.2, 0) is 11.3 Å². The summed E-state index contributed by atoms with van der Waals surface area (Å²) in [5.41, 5.74) is 2.99. The van der Waals surface area contributed by atoms with Crippen molar-refractivity contribution in [2.45, 2.75) is 26.5 Å². The van der Waals surface area contributed by atoms with Gasteiger partial charge in [-0.2, -0.15) is 0 Å². The van der Waals surface area contributed by atoms with Crippen LogP contribution in [0.5, 0.6) is 0 Å². The van der Waals surface area contributed by atoms with Gasteiger partial charge in [0.25, 0.3) is 0 Å². The summed E-state index contributed by atoms with van der Waals surface area (Å²) >= 11 is 1.76. The average Bonchev–Trinajstić information content (AvgIpc) is 3.09. The molecule has 3 aromatic heterocycles. The number of morpholine rings is 1. The number of nitrogens with one attached hydrogen (secondary N) is 1. The molecule has 0 aromatic carbocycles. The average molecular weight is 382 g/mol. The maximum Gasteiger partial charge on any atom is 0.133 e. The van der Waals surface area contributed by atoms with Crippen LogP contribution in [0.3, 0.4) is 0 Å². The molecule has 1 atom stereocenters. The quantitative estimate of drug-likeness (QED) is 0.724. The SMILES string of the molecule is Cc1ncc(CN2CCO[C@@H](c3ccc(Nc4ncccc4C)cn3)C2)s1. The lowest BCUT2D eigenvalue weighted by Crippen LogP contribution is -2.37. The Morgan fingerprint density at radius 3 is 2.85 bits per heavy atom. The molecule has 0 spiro atoms. The molecule has 6 nitrogen and oxygen atoms in total. The zero-order valence-corrected chi connectivity index (χ0v) is 16.4. The summed E-state index contributed by atoms with van der Waals surface area (Å²) in [6, 6.07) is 8.03. The predicted octanol–water partition coefficient (Wildman–Crippen LogP) is 3.87. The van der Waals surface area contributed by atoms with Gasteiger partial charge in [-0.3, -0.25) is 9.88 Å². The van der Waals surface area contributed by atoms with Crippen molar-refractivity contribution >= 4 is 22.8 Å². The number of nitrogens with zero attached hydrogens (tertiary/aromatic N) is 4. The van der Waals surface area contributed by atoms with Crippen LogP contribution in [-0.4, -0.2) is 39.5 Å². The van der Waals surface area contributed by atoms with Gasteiger partial charge >= 0.3 is 0 Å². The molecule has 0 amide bonds. The number of aryl methyl sites for hydroxylation is 2. The number of aromatic nitrogens is 3. The maximum atomic E-state index is 5.97. The summed E-state index contributed by atoms with van der Waals surface area (Å²) in [6.07, 6.45) is 5.60. The lowest BCUT2D eigenvalue weighted by molar-refractivity contribution is -0.0346. The summed E-state index contributed by atoms with van der Waals surface area (Å²) in [6.45, 7) is 7.50. The fourth-order valence-electron chi connectivity index (χ4n) is 3.15. The highest BCUT2D eigenvalue weighted by Crippen LogP contribution is 2.25. The number of rotatable bonds is 5. The van der Waals surface area contributed by atoms with Gasteiger partial charge in [-0.1, -0.05) is 6.07 Å². The van der Waals surface area contributed by atoms with E-state index >= 15 is 0 Å². The monoisotopic (exact) mass is 381 g/mol. The molecule has 1 fully saturated rings. The minimum atomic E-state index is -0.00148. The molecule has 4 heterocycles. The molecule has 0 radical (unpaired) electrons. The smallest absolute Gasteiger partial charge is 0.133 e. The van der Waals surface area contributed by atoms with Gasteiger partial charge in [0.1, 0.15) is 11.9 Å². The Morgan fingerprint density at radius 2 is 2.11 bits per heavy atom. The molecule has 4 rings (SSSR count). The summed E-state index contributed by atoms with van der Waals surface area (Å²) < 4.78 is 5.97. The van der Waals surface area contributed by atoms with Crippen molar-refractivity contribution in [2.75, 3.05) is 25.0 Å². The van der Waals surface area contributed by atoms with E-state index in [2.05, 4.69) is 25.2 Å². The van der Waals surface area contributed by atoms with Gasteiger partial charge < -0.3 is 10.1 Å². The van der Waals surface area contributed by atoms with E-state index in [1.165, 1.54) is 4.88 Å². The third-order valence-corrected chi connectivity index (χ3v) is 5.49. The number of ether oxygens (including phenoxy) is 1. The van der Waals surface area contributed by atoms with Gasteiger partial charge in [-0.15, -0.1) is 11.3 Å². The first-order valence-corrected chi connectivity index (χ1v) is 9.89. The van der Waals surface area contributed by atoms with E-state index in [9.17, 15) is 0 Å². The van der Waals surface area contributed by atoms with E-state index in [0.717, 1.165) is 54.0 Å². The van der Waals surface area contributed by atoms with Crippen LogP contribution in [0.25, 0.3) is 0 Å². The van der Waals surface area contributed by atoms with Crippen LogP contribution in [0.1, 0.15) is 27.2 Å². The highest BCUT2D eigenvalue weighted by atomic mass is 32.1. The highest BCUT2D eigenvalue weighted by Gasteiger charge is 2.23. The number of thiazole rings is 1. The standard InChI is InChI=1S/C20H23N5OS/c1-14-4-3-7-21-20(14)24-16-5-6-18(23-10-16)19-13-25(8-9-26-19)12-17-11-22-15(2)27-17/h3-7,10-11,19H,8-9,12-13H2,1-2H3,(H,21,24)/t19-/m1/s1. The van der Waals surface area contributed by atoms with Gasteiger partial charge in [0.2, 0.25) is 0 Å². The van der Waals surface area contributed by atoms with E-state index in [4.69, 9.17) is 4.74 Å². The Balaban J connectivity index is 1.40. The fraction of sp³-hybridized carbons (Fsp3) is 0.350. The van der Waals surface area contributed by atoms with Crippen molar-refractivity contribution in [3.8, 4) is 0 Å². The van der Waals surface area contributed by atoms with E-state index in [1.807, 2.05) is 50.5 Å². The minimum Gasteiger partial charge on any atom is -0.369 e. The minimum absolute atomic E-state index is 0.00148. The zero-order chi connectivity index (χ0) is 18.6. The van der Waals surface area contributed by atoms with Crippen LogP contribution in [0.15, 0.2) is 42.9 Å². The molecule has 7 heteroatoms. The first-order chi connectivity index (χ1) is 13.2. The lowest BCUT2D eigenvalue weighted by Gasteiger charge is -2.32. The summed E-state index contributed by atoms with van der Waals surface area (Å²) in [5, 5.41) is 4.43. The normalized spacial score (nSPS) is 17.8. The van der Waals surface area contributed by atoms with E-state index in [-0.39, 0.29) is 6.10 Å². The molecule has 3 aromatic rings. The molecular formula is C20H23N5OS. The molecule has 0 bridgehead atoms. The summed E-state index contributed by atoms with van der Waals surface area (Å²) in [4.78, 5) is 17.0. The van der Waals surface area contributed by atoms with E-state index in [0.29, 0.717) is 0 Å². The first-order valence-electron chi connectivity index (χ1n) is 9.07. The fourth-order valence-corrected chi connectivity index (χ4v) is 3.98. The highest BCUT2D eigenvalue weighted by molar-refractivity contribution is 7.11. The van der Waals surface area contributed by atoms with Crippen molar-refractivity contribution in [2.24, 2.45) is 0 Å². The second-order valence-electron chi connectivity index (χ2n) is 6.71. The Morgan fingerprint density at radius 1 is 1.19 bits per heavy atom. The summed E-state index contributed by atoms with van der Waals surface area (Å²) in [5.74, 6) is 0.854. The van der Waals surface area contributed by atoms with E-state index in [1.54, 1.807) is 17.5 Å². The van der Waals surface area contributed by atoms with Crippen molar-refractivity contribution in [1.29, 1.82) is 0 Å². The van der Waals surface area contributed by atoms with Crippen LogP contribution in [0, 0.1) is 13.8 Å². The molecular weight excluding hydrogens is 358 g/mol. The van der Waals surface area contributed by atoms with Crippen LogP contribution >= 0.6 is 11.3 Å². The lowest BCUT2D eigenvalue weighted by atomic mass is 10.2. The van der Waals surface area contributed by atoms with Crippen molar-refractivity contribution in [1.82, 2.24) is 19.9 Å². The Kier molecular flexibility index (Phi) is 5.42. The van der Waals surface area contributed by atoms with Crippen molar-refractivity contribution < 1.29 is 4.74 Å². The summed E-state index contributed by atoms with van der Waals surface area (Å²) in [7, 11) is 0. The molecule has 1 aliphatic rings. The van der Waals surface area contributed by atoms with Gasteiger partial charge in [-0.05, 0) is 37.6 Å². The van der Waals surface area contributed by atoms with Crippen LogP contribution in [0.2, 0.25) is 0 Å². The number of anilines is 2. The van der Waals surface area contributed by atoms with Gasteiger partial charge in [0, 0.05) is 36.9 Å². The van der Waals surface area contributed by atoms with Gasteiger partial charge in [0.05, 0.1) is 29.2 Å². The molecule has 1 aliphatic heterocycles. The Hall–Kier alpha value is -2.35. The zero-order valence-electron chi connectivity index (χ0n) is 15.6. The predicted molar refractivity (Wildman–Crippen MR) is 107 cm³/mol.